The second kappa shape index (κ2) is 5.11. The van der Waals surface area contributed by atoms with Crippen molar-refractivity contribution in [2.24, 2.45) is 5.73 Å². The summed E-state index contributed by atoms with van der Waals surface area (Å²) in [6, 6.07) is 1.23. The van der Waals surface area contributed by atoms with Crippen molar-refractivity contribution < 1.29 is 24.0 Å². The molecule has 0 heterocycles. The van der Waals surface area contributed by atoms with Gasteiger partial charge in [0.2, 0.25) is 5.91 Å². The lowest BCUT2D eigenvalue weighted by Gasteiger charge is -2.23. The maximum absolute atomic E-state index is 13.4. The van der Waals surface area contributed by atoms with Crippen LogP contribution in [-0.2, 0) is 4.79 Å². The molecule has 0 aromatic heterocycles. The molecule has 1 rings (SSSR count). The van der Waals surface area contributed by atoms with Gasteiger partial charge >= 0.3 is 5.97 Å². The van der Waals surface area contributed by atoms with Crippen LogP contribution in [0.5, 0.6) is 0 Å². The van der Waals surface area contributed by atoms with E-state index in [2.05, 4.69) is 5.32 Å². The van der Waals surface area contributed by atoms with Crippen LogP contribution in [0.15, 0.2) is 12.1 Å². The van der Waals surface area contributed by atoms with Crippen molar-refractivity contribution in [1.29, 1.82) is 0 Å². The molecule has 0 fully saturated rings. The van der Waals surface area contributed by atoms with E-state index in [1.165, 1.54) is 13.8 Å². The Morgan fingerprint density at radius 2 is 2.00 bits per heavy atom. The number of hydrogen-bond donors (Lipinski definition) is 3. The number of primary amides is 1. The third-order valence-electron chi connectivity index (χ3n) is 2.58. The van der Waals surface area contributed by atoms with Crippen LogP contribution in [0.1, 0.15) is 24.2 Å². The van der Waals surface area contributed by atoms with E-state index >= 15 is 0 Å². The quantitative estimate of drug-likeness (QED) is 0.547. The summed E-state index contributed by atoms with van der Waals surface area (Å²) in [7, 11) is 0. The van der Waals surface area contributed by atoms with Gasteiger partial charge in [-0.15, -0.1) is 0 Å². The molecule has 4 N–H and O–H groups in total. The summed E-state index contributed by atoms with van der Waals surface area (Å²) in [4.78, 5) is 32.0. The van der Waals surface area contributed by atoms with Gasteiger partial charge < -0.3 is 16.2 Å². The summed E-state index contributed by atoms with van der Waals surface area (Å²) in [6.45, 7) is 2.70. The second-order valence-corrected chi connectivity index (χ2v) is 4.53. The van der Waals surface area contributed by atoms with Crippen LogP contribution in [-0.4, -0.2) is 27.4 Å². The van der Waals surface area contributed by atoms with Crippen molar-refractivity contribution in [3.63, 3.8) is 0 Å². The summed E-state index contributed by atoms with van der Waals surface area (Å²) in [6.07, 6.45) is 0. The van der Waals surface area contributed by atoms with E-state index in [4.69, 9.17) is 10.8 Å². The number of halogens is 1. The van der Waals surface area contributed by atoms with Gasteiger partial charge in [0, 0.05) is 0 Å². The number of benzene rings is 1. The van der Waals surface area contributed by atoms with E-state index in [0.29, 0.717) is 6.07 Å². The number of nitrogens with two attached hydrogens (primary N) is 1. The standard InChI is InChI=1S/C11H12FN3O5/c1-11(2,10(13)18)14-7-3-5(9(16)17)6(12)4-8(7)15(19)20/h3-4,14H,1-2H3,(H2,13,18)(H,16,17). The van der Waals surface area contributed by atoms with E-state index in [1.54, 1.807) is 0 Å². The van der Waals surface area contributed by atoms with Crippen LogP contribution in [0.2, 0.25) is 0 Å². The van der Waals surface area contributed by atoms with E-state index in [9.17, 15) is 24.1 Å². The zero-order valence-corrected chi connectivity index (χ0v) is 10.6. The number of carbonyl (C=O) groups excluding carboxylic acids is 1. The topological polar surface area (TPSA) is 136 Å². The summed E-state index contributed by atoms with van der Waals surface area (Å²) < 4.78 is 13.4. The molecule has 0 bridgehead atoms. The molecular formula is C11H12FN3O5. The molecule has 108 valence electrons. The zero-order valence-electron chi connectivity index (χ0n) is 10.6. The maximum atomic E-state index is 13.4. The van der Waals surface area contributed by atoms with Crippen molar-refractivity contribution in [3.05, 3.63) is 33.6 Å². The Morgan fingerprint density at radius 1 is 1.45 bits per heavy atom. The SMILES string of the molecule is CC(C)(Nc1cc(C(=O)O)c(F)cc1[N+](=O)[O-])C(N)=O. The Hall–Kier alpha value is -2.71. The number of nitrogens with zero attached hydrogens (tertiary/aromatic N) is 1. The van der Waals surface area contributed by atoms with Gasteiger partial charge in [-0.2, -0.15) is 0 Å². The van der Waals surface area contributed by atoms with Gasteiger partial charge in [0.05, 0.1) is 16.6 Å². The Kier molecular flexibility index (Phi) is 3.92. The fraction of sp³-hybridized carbons (Fsp3) is 0.273. The normalized spacial score (nSPS) is 10.9. The molecule has 0 saturated carbocycles. The van der Waals surface area contributed by atoms with Gasteiger partial charge in [-0.3, -0.25) is 14.9 Å². The van der Waals surface area contributed by atoms with Crippen molar-refractivity contribution in [2.75, 3.05) is 5.32 Å². The average Bonchev–Trinajstić information content (AvgIpc) is 2.29. The Morgan fingerprint density at radius 3 is 2.40 bits per heavy atom. The lowest BCUT2D eigenvalue weighted by molar-refractivity contribution is -0.384. The van der Waals surface area contributed by atoms with E-state index < -0.39 is 39.4 Å². The maximum Gasteiger partial charge on any atom is 0.338 e. The van der Waals surface area contributed by atoms with Gasteiger partial charge in [0.25, 0.3) is 5.69 Å². The molecule has 0 saturated heterocycles. The smallest absolute Gasteiger partial charge is 0.338 e. The average molecular weight is 285 g/mol. The molecule has 0 unspecified atom stereocenters. The number of carboxylic acid groups (broad SMARTS) is 1. The molecule has 8 nitrogen and oxygen atoms in total. The largest absolute Gasteiger partial charge is 0.478 e. The van der Waals surface area contributed by atoms with Crippen molar-refractivity contribution in [1.82, 2.24) is 0 Å². The van der Waals surface area contributed by atoms with Gasteiger partial charge in [-0.1, -0.05) is 0 Å². The lowest BCUT2D eigenvalue weighted by Crippen LogP contribution is -2.45. The Balaban J connectivity index is 3.42. The molecule has 0 radical (unpaired) electrons. The van der Waals surface area contributed by atoms with Gasteiger partial charge in [0.1, 0.15) is 17.0 Å². The minimum absolute atomic E-state index is 0.308. The Bertz CT molecular complexity index is 600. The van der Waals surface area contributed by atoms with E-state index in [-0.39, 0.29) is 5.69 Å². The van der Waals surface area contributed by atoms with Gasteiger partial charge in [0.15, 0.2) is 0 Å². The third kappa shape index (κ3) is 2.99. The highest BCUT2D eigenvalue weighted by atomic mass is 19.1. The second-order valence-electron chi connectivity index (χ2n) is 4.53. The fourth-order valence-corrected chi connectivity index (χ4v) is 1.38. The number of amides is 1. The third-order valence-corrected chi connectivity index (χ3v) is 2.58. The number of aromatic carboxylic acids is 1. The molecule has 1 aromatic rings. The molecule has 0 atom stereocenters. The van der Waals surface area contributed by atoms with Gasteiger partial charge in [-0.25, -0.2) is 9.18 Å². The minimum atomic E-state index is -1.59. The summed E-state index contributed by atoms with van der Waals surface area (Å²) in [5, 5.41) is 22.1. The molecule has 9 heteroatoms. The number of carbonyl (C=O) groups is 2. The molecule has 1 aromatic carbocycles. The number of nitro groups is 1. The Labute approximate surface area is 112 Å². The highest BCUT2D eigenvalue weighted by Gasteiger charge is 2.29. The van der Waals surface area contributed by atoms with Crippen LogP contribution in [0, 0.1) is 15.9 Å². The molecule has 20 heavy (non-hydrogen) atoms. The van der Waals surface area contributed by atoms with Crippen LogP contribution in [0.25, 0.3) is 0 Å². The zero-order chi connectivity index (χ0) is 15.7. The van der Waals surface area contributed by atoms with Gasteiger partial charge in [-0.05, 0) is 19.9 Å². The summed E-state index contributed by atoms with van der Waals surface area (Å²) in [5.41, 5.74) is 1.98. The number of nitro benzene ring substituents is 1. The highest BCUT2D eigenvalue weighted by Crippen LogP contribution is 2.30. The molecule has 0 aliphatic heterocycles. The first-order valence-electron chi connectivity index (χ1n) is 5.35. The molecule has 0 spiro atoms. The summed E-state index contributed by atoms with van der Waals surface area (Å²) in [5.74, 6) is -3.64. The van der Waals surface area contributed by atoms with Crippen LogP contribution in [0.3, 0.4) is 0 Å². The van der Waals surface area contributed by atoms with E-state index in [1.807, 2.05) is 0 Å². The van der Waals surface area contributed by atoms with Crippen LogP contribution < -0.4 is 11.1 Å². The fourth-order valence-electron chi connectivity index (χ4n) is 1.38. The molecule has 0 aliphatic rings. The number of nitrogens with one attached hydrogen (secondary N) is 1. The molecule has 1 amide bonds. The van der Waals surface area contributed by atoms with E-state index in [0.717, 1.165) is 6.07 Å². The highest BCUT2D eigenvalue weighted by molar-refractivity contribution is 5.92. The number of anilines is 1. The molecule has 0 aliphatic carbocycles. The first-order chi connectivity index (χ1) is 9.06. The number of carboxylic acids is 1. The minimum Gasteiger partial charge on any atom is -0.478 e. The monoisotopic (exact) mass is 285 g/mol. The van der Waals surface area contributed by atoms with Crippen LogP contribution in [0.4, 0.5) is 15.8 Å². The van der Waals surface area contributed by atoms with Crippen LogP contribution >= 0.6 is 0 Å². The van der Waals surface area contributed by atoms with Crippen molar-refractivity contribution >= 4 is 23.3 Å². The number of rotatable bonds is 5. The molecular weight excluding hydrogens is 273 g/mol. The van der Waals surface area contributed by atoms with Crippen molar-refractivity contribution in [2.45, 2.75) is 19.4 Å². The predicted octanol–water partition coefficient (Wildman–Crippen LogP) is 1.11. The summed E-state index contributed by atoms with van der Waals surface area (Å²) >= 11 is 0. The first kappa shape index (κ1) is 15.3. The predicted molar refractivity (Wildman–Crippen MR) is 66.9 cm³/mol. The lowest BCUT2D eigenvalue weighted by atomic mass is 10.0. The van der Waals surface area contributed by atoms with Crippen molar-refractivity contribution in [3.8, 4) is 0 Å². The first-order valence-corrected chi connectivity index (χ1v) is 5.35. The number of hydrogen-bond acceptors (Lipinski definition) is 5.